The molecule has 2 rings (SSSR count). The van der Waals surface area contributed by atoms with Crippen molar-refractivity contribution < 1.29 is 37.2 Å². The minimum absolute atomic E-state index is 0. The number of benzene rings is 2. The summed E-state index contributed by atoms with van der Waals surface area (Å²) in [6, 6.07) is 12.9. The lowest BCUT2D eigenvalue weighted by atomic mass is 9.96. The SMILES string of the molecule is C[N+](C)(C)CCCC=C(c1ccc(F)cc1)c1ccc(F)cc1.[I-]. The van der Waals surface area contributed by atoms with E-state index in [4.69, 9.17) is 0 Å². The van der Waals surface area contributed by atoms with Crippen LogP contribution in [0.2, 0.25) is 0 Å². The van der Waals surface area contributed by atoms with Crippen LogP contribution in [-0.2, 0) is 0 Å². The number of nitrogens with zero attached hydrogens (tertiary/aromatic N) is 1. The van der Waals surface area contributed by atoms with Crippen LogP contribution in [0.15, 0.2) is 54.6 Å². The van der Waals surface area contributed by atoms with E-state index in [2.05, 4.69) is 27.2 Å². The lowest BCUT2D eigenvalue weighted by Gasteiger charge is -2.23. The molecule has 130 valence electrons. The minimum atomic E-state index is -0.253. The fraction of sp³-hybridized carbons (Fsp3) is 0.300. The van der Waals surface area contributed by atoms with Gasteiger partial charge in [0.25, 0.3) is 0 Å². The van der Waals surface area contributed by atoms with E-state index < -0.39 is 0 Å². The molecule has 0 saturated heterocycles. The summed E-state index contributed by atoms with van der Waals surface area (Å²) in [6.45, 7) is 1.08. The second kappa shape index (κ2) is 9.28. The number of halogens is 3. The lowest BCUT2D eigenvalue weighted by Crippen LogP contribution is -3.00. The summed E-state index contributed by atoms with van der Waals surface area (Å²) < 4.78 is 27.3. The molecule has 2 aromatic carbocycles. The molecule has 1 nitrogen and oxygen atoms in total. The average molecular weight is 443 g/mol. The van der Waals surface area contributed by atoms with Gasteiger partial charge >= 0.3 is 0 Å². The van der Waals surface area contributed by atoms with Crippen LogP contribution >= 0.6 is 0 Å². The van der Waals surface area contributed by atoms with Crippen LogP contribution < -0.4 is 24.0 Å². The van der Waals surface area contributed by atoms with E-state index in [1.165, 1.54) is 24.3 Å². The van der Waals surface area contributed by atoms with E-state index in [9.17, 15) is 8.78 Å². The summed E-state index contributed by atoms with van der Waals surface area (Å²) in [7, 11) is 6.51. The van der Waals surface area contributed by atoms with Crippen molar-refractivity contribution in [2.24, 2.45) is 0 Å². The number of quaternary nitrogens is 1. The van der Waals surface area contributed by atoms with Crippen LogP contribution in [0.5, 0.6) is 0 Å². The topological polar surface area (TPSA) is 0 Å². The highest BCUT2D eigenvalue weighted by molar-refractivity contribution is 5.79. The van der Waals surface area contributed by atoms with Gasteiger partial charge in [0.1, 0.15) is 11.6 Å². The van der Waals surface area contributed by atoms with E-state index >= 15 is 0 Å². The molecule has 0 unspecified atom stereocenters. The summed E-state index contributed by atoms with van der Waals surface area (Å²) >= 11 is 0. The maximum atomic E-state index is 13.2. The number of unbranched alkanes of at least 4 members (excludes halogenated alkanes) is 1. The number of allylic oxidation sites excluding steroid dienone is 1. The van der Waals surface area contributed by atoms with Crippen molar-refractivity contribution in [3.05, 3.63) is 77.4 Å². The highest BCUT2D eigenvalue weighted by Gasteiger charge is 2.08. The van der Waals surface area contributed by atoms with Crippen molar-refractivity contribution in [3.8, 4) is 0 Å². The van der Waals surface area contributed by atoms with Gasteiger partial charge in [-0.25, -0.2) is 8.78 Å². The zero-order valence-electron chi connectivity index (χ0n) is 14.4. The minimum Gasteiger partial charge on any atom is -1.00 e. The molecule has 2 aromatic rings. The Hall–Kier alpha value is -1.27. The highest BCUT2D eigenvalue weighted by Crippen LogP contribution is 2.25. The highest BCUT2D eigenvalue weighted by atomic mass is 127. The molecule has 0 aliphatic heterocycles. The Bertz CT molecular complexity index is 608. The standard InChI is InChI=1S/C20H24F2N.HI/c1-23(2,3)15-5-4-6-20(16-7-11-18(21)12-8-16)17-9-13-19(22)14-10-17;/h6-14H,4-5,15H2,1-3H3;1H/q+1;/p-1. The maximum absolute atomic E-state index is 13.2. The Morgan fingerprint density at radius 1 is 0.833 bits per heavy atom. The quantitative estimate of drug-likeness (QED) is 0.364. The largest absolute Gasteiger partial charge is 1.00 e. The summed E-state index contributed by atoms with van der Waals surface area (Å²) in [4.78, 5) is 0. The first-order valence-electron chi connectivity index (χ1n) is 7.88. The van der Waals surface area contributed by atoms with E-state index in [1.807, 2.05) is 0 Å². The van der Waals surface area contributed by atoms with Crippen LogP contribution in [0.25, 0.3) is 5.57 Å². The molecule has 0 aliphatic carbocycles. The summed E-state index contributed by atoms with van der Waals surface area (Å²) in [5, 5.41) is 0. The molecule has 0 atom stereocenters. The fourth-order valence-corrected chi connectivity index (χ4v) is 2.47. The molecule has 0 heterocycles. The van der Waals surface area contributed by atoms with Gasteiger partial charge in [-0.3, -0.25) is 0 Å². The predicted octanol–water partition coefficient (Wildman–Crippen LogP) is 1.89. The third-order valence-corrected chi connectivity index (χ3v) is 3.69. The van der Waals surface area contributed by atoms with Crippen LogP contribution in [-0.4, -0.2) is 32.2 Å². The third kappa shape index (κ3) is 6.69. The smallest absolute Gasteiger partial charge is 0.123 e. The molecular weight excluding hydrogens is 419 g/mol. The molecule has 0 N–H and O–H groups in total. The molecule has 0 amide bonds. The Balaban J connectivity index is 0.00000288. The van der Waals surface area contributed by atoms with E-state index in [-0.39, 0.29) is 35.6 Å². The Morgan fingerprint density at radius 2 is 1.25 bits per heavy atom. The zero-order valence-corrected chi connectivity index (χ0v) is 16.6. The normalized spacial score (nSPS) is 10.9. The first-order valence-corrected chi connectivity index (χ1v) is 7.88. The van der Waals surface area contributed by atoms with Crippen LogP contribution in [0.4, 0.5) is 8.78 Å². The first-order chi connectivity index (χ1) is 10.8. The molecule has 0 radical (unpaired) electrons. The van der Waals surface area contributed by atoms with Crippen molar-refractivity contribution in [1.82, 2.24) is 0 Å². The van der Waals surface area contributed by atoms with Crippen LogP contribution in [0.1, 0.15) is 24.0 Å². The van der Waals surface area contributed by atoms with Gasteiger partial charge in [0.15, 0.2) is 0 Å². The molecule has 4 heteroatoms. The Morgan fingerprint density at radius 3 is 1.62 bits per heavy atom. The molecule has 0 aliphatic rings. The third-order valence-electron chi connectivity index (χ3n) is 3.69. The molecule has 0 bridgehead atoms. The summed E-state index contributed by atoms with van der Waals surface area (Å²) in [6.07, 6.45) is 4.16. The van der Waals surface area contributed by atoms with Crippen LogP contribution in [0, 0.1) is 11.6 Å². The van der Waals surface area contributed by atoms with Crippen molar-refractivity contribution >= 4 is 5.57 Å². The molecule has 0 fully saturated rings. The van der Waals surface area contributed by atoms with E-state index in [0.29, 0.717) is 0 Å². The number of hydrogen-bond acceptors (Lipinski definition) is 0. The van der Waals surface area contributed by atoms with Gasteiger partial charge in [-0.2, -0.15) is 0 Å². The molecule has 0 aromatic heterocycles. The molecular formula is C20H24F2IN. The molecule has 0 spiro atoms. The number of rotatable bonds is 6. The average Bonchev–Trinajstić information content (AvgIpc) is 2.49. The fourth-order valence-electron chi connectivity index (χ4n) is 2.47. The molecule has 0 saturated carbocycles. The number of hydrogen-bond donors (Lipinski definition) is 0. The summed E-state index contributed by atoms with van der Waals surface area (Å²) in [5.74, 6) is -0.505. The lowest BCUT2D eigenvalue weighted by molar-refractivity contribution is -0.870. The van der Waals surface area contributed by atoms with E-state index in [0.717, 1.165) is 40.6 Å². The van der Waals surface area contributed by atoms with Gasteiger partial charge in [0, 0.05) is 6.42 Å². The maximum Gasteiger partial charge on any atom is 0.123 e. The second-order valence-corrected chi connectivity index (χ2v) is 6.79. The van der Waals surface area contributed by atoms with E-state index in [1.54, 1.807) is 24.3 Å². The predicted molar refractivity (Wildman–Crippen MR) is 92.0 cm³/mol. The van der Waals surface area contributed by atoms with Crippen molar-refractivity contribution in [1.29, 1.82) is 0 Å². The van der Waals surface area contributed by atoms with Gasteiger partial charge in [0.2, 0.25) is 0 Å². The Kier molecular flexibility index (Phi) is 8.03. The first kappa shape index (κ1) is 20.8. The van der Waals surface area contributed by atoms with Gasteiger partial charge in [-0.05, 0) is 47.4 Å². The monoisotopic (exact) mass is 443 g/mol. The van der Waals surface area contributed by atoms with Gasteiger partial charge in [-0.1, -0.05) is 30.3 Å². The summed E-state index contributed by atoms with van der Waals surface area (Å²) in [5.41, 5.74) is 2.91. The van der Waals surface area contributed by atoms with Gasteiger partial charge in [-0.15, -0.1) is 0 Å². The van der Waals surface area contributed by atoms with Crippen molar-refractivity contribution in [2.75, 3.05) is 27.7 Å². The molecule has 24 heavy (non-hydrogen) atoms. The van der Waals surface area contributed by atoms with Gasteiger partial charge in [0.05, 0.1) is 27.7 Å². The van der Waals surface area contributed by atoms with Crippen molar-refractivity contribution in [2.45, 2.75) is 12.8 Å². The second-order valence-electron chi connectivity index (χ2n) is 6.79. The zero-order chi connectivity index (χ0) is 16.9. The Labute approximate surface area is 160 Å². The van der Waals surface area contributed by atoms with Crippen molar-refractivity contribution in [3.63, 3.8) is 0 Å². The van der Waals surface area contributed by atoms with Gasteiger partial charge < -0.3 is 28.5 Å². The van der Waals surface area contributed by atoms with Crippen LogP contribution in [0.3, 0.4) is 0 Å².